The summed E-state index contributed by atoms with van der Waals surface area (Å²) in [6.45, 7) is 23.1. The SMILES string of the molecule is CCC(C)(C)C(=O)OCCc1cc(C(C)(C)C)c(O)c(C(C)(C)C)c1.CCCC. The van der Waals surface area contributed by atoms with E-state index in [4.69, 9.17) is 4.74 Å². The minimum Gasteiger partial charge on any atom is -0.507 e. The Balaban J connectivity index is 0.00000178. The Hall–Kier alpha value is -1.51. The molecule has 0 saturated heterocycles. The van der Waals surface area contributed by atoms with Crippen molar-refractivity contribution >= 4 is 5.97 Å². The van der Waals surface area contributed by atoms with Gasteiger partial charge in [-0.2, -0.15) is 0 Å². The van der Waals surface area contributed by atoms with Crippen LogP contribution < -0.4 is 0 Å². The number of phenols is 1. The topological polar surface area (TPSA) is 46.5 Å². The monoisotopic (exact) mass is 406 g/mol. The molecule has 0 radical (unpaired) electrons. The number of hydrogen-bond donors (Lipinski definition) is 1. The minimum absolute atomic E-state index is 0.152. The lowest BCUT2D eigenvalue weighted by Gasteiger charge is -2.28. The molecule has 0 heterocycles. The summed E-state index contributed by atoms with van der Waals surface area (Å²) in [6, 6.07) is 4.09. The van der Waals surface area contributed by atoms with Crippen molar-refractivity contribution in [2.45, 2.75) is 113 Å². The Morgan fingerprint density at radius 3 is 1.59 bits per heavy atom. The average molecular weight is 407 g/mol. The summed E-state index contributed by atoms with van der Waals surface area (Å²) in [4.78, 5) is 12.1. The van der Waals surface area contributed by atoms with Crippen LogP contribution in [0.1, 0.15) is 112 Å². The summed E-state index contributed by atoms with van der Waals surface area (Å²) in [5.41, 5.74) is 2.23. The van der Waals surface area contributed by atoms with Gasteiger partial charge in [-0.05, 0) is 47.8 Å². The second-order valence-electron chi connectivity index (χ2n) is 10.7. The number of carbonyl (C=O) groups excluding carboxylic acids is 1. The second kappa shape index (κ2) is 11.0. The van der Waals surface area contributed by atoms with E-state index in [0.29, 0.717) is 18.8 Å². The molecule has 0 aromatic heterocycles. The van der Waals surface area contributed by atoms with E-state index in [1.54, 1.807) is 0 Å². The van der Waals surface area contributed by atoms with E-state index in [1.807, 2.05) is 32.9 Å². The number of hydrogen-bond acceptors (Lipinski definition) is 3. The van der Waals surface area contributed by atoms with Crippen LogP contribution in [0.4, 0.5) is 0 Å². The van der Waals surface area contributed by atoms with E-state index in [2.05, 4.69) is 55.4 Å². The molecule has 3 nitrogen and oxygen atoms in total. The Bertz CT molecular complexity index is 606. The van der Waals surface area contributed by atoms with Crippen molar-refractivity contribution in [1.82, 2.24) is 0 Å². The maximum absolute atomic E-state index is 12.1. The van der Waals surface area contributed by atoms with Gasteiger partial charge in [0, 0.05) is 6.42 Å². The molecule has 0 amide bonds. The number of esters is 1. The highest BCUT2D eigenvalue weighted by molar-refractivity contribution is 5.75. The van der Waals surface area contributed by atoms with Gasteiger partial charge >= 0.3 is 5.97 Å². The first kappa shape index (κ1) is 27.5. The molecule has 0 aliphatic heterocycles. The molecular formula is C26H46O3. The lowest BCUT2D eigenvalue weighted by atomic mass is 9.78. The molecule has 1 aromatic rings. The highest BCUT2D eigenvalue weighted by Crippen LogP contribution is 2.39. The van der Waals surface area contributed by atoms with Crippen molar-refractivity contribution in [1.29, 1.82) is 0 Å². The van der Waals surface area contributed by atoms with Crippen LogP contribution in [0.5, 0.6) is 5.75 Å². The molecular weight excluding hydrogens is 360 g/mol. The molecule has 1 N–H and O–H groups in total. The zero-order chi connectivity index (χ0) is 23.0. The van der Waals surface area contributed by atoms with Crippen molar-refractivity contribution in [3.8, 4) is 5.75 Å². The summed E-state index contributed by atoms with van der Waals surface area (Å²) in [7, 11) is 0. The third-order valence-corrected chi connectivity index (χ3v) is 5.35. The Morgan fingerprint density at radius 2 is 1.28 bits per heavy atom. The van der Waals surface area contributed by atoms with Crippen molar-refractivity contribution in [2.75, 3.05) is 6.61 Å². The van der Waals surface area contributed by atoms with Crippen LogP contribution in [0, 0.1) is 5.41 Å². The van der Waals surface area contributed by atoms with Crippen molar-refractivity contribution < 1.29 is 14.6 Å². The molecule has 0 fully saturated rings. The van der Waals surface area contributed by atoms with Gasteiger partial charge in [0.15, 0.2) is 0 Å². The molecule has 3 heteroatoms. The summed E-state index contributed by atoms with van der Waals surface area (Å²) >= 11 is 0. The maximum Gasteiger partial charge on any atom is 0.311 e. The normalized spacial score (nSPS) is 12.2. The van der Waals surface area contributed by atoms with Gasteiger partial charge in [0.05, 0.1) is 12.0 Å². The largest absolute Gasteiger partial charge is 0.507 e. The third-order valence-electron chi connectivity index (χ3n) is 5.35. The van der Waals surface area contributed by atoms with Crippen LogP contribution in [0.2, 0.25) is 0 Å². The van der Waals surface area contributed by atoms with Gasteiger partial charge in [-0.25, -0.2) is 0 Å². The molecule has 0 aliphatic rings. The van der Waals surface area contributed by atoms with E-state index in [1.165, 1.54) is 12.8 Å². The molecule has 1 rings (SSSR count). The summed E-state index contributed by atoms with van der Waals surface area (Å²) in [5, 5.41) is 10.8. The number of rotatable bonds is 6. The zero-order valence-corrected chi connectivity index (χ0v) is 21.0. The Kier molecular flexibility index (Phi) is 10.5. The van der Waals surface area contributed by atoms with Crippen LogP contribution in [-0.2, 0) is 26.8 Å². The lowest BCUT2D eigenvalue weighted by Crippen LogP contribution is -2.26. The molecule has 0 spiro atoms. The van der Waals surface area contributed by atoms with Gasteiger partial charge in [-0.1, -0.05) is 87.3 Å². The standard InChI is InChI=1S/C22H36O3.C4H10/c1-10-22(8,9)19(24)25-12-11-15-13-16(20(2,3)4)18(23)17(14-15)21(5,6)7;1-3-4-2/h13-14,23H,10-12H2,1-9H3;3-4H2,1-2H3. The van der Waals surface area contributed by atoms with Gasteiger partial charge in [0.2, 0.25) is 0 Å². The second-order valence-corrected chi connectivity index (χ2v) is 10.7. The van der Waals surface area contributed by atoms with E-state index in [9.17, 15) is 9.90 Å². The van der Waals surface area contributed by atoms with Gasteiger partial charge in [0.1, 0.15) is 5.75 Å². The molecule has 29 heavy (non-hydrogen) atoms. The molecule has 1 aromatic carbocycles. The molecule has 0 unspecified atom stereocenters. The maximum atomic E-state index is 12.1. The fourth-order valence-corrected chi connectivity index (χ4v) is 2.58. The quantitative estimate of drug-likeness (QED) is 0.503. The van der Waals surface area contributed by atoms with E-state index >= 15 is 0 Å². The lowest BCUT2D eigenvalue weighted by molar-refractivity contribution is -0.154. The summed E-state index contributed by atoms with van der Waals surface area (Å²) in [6.07, 6.45) is 4.05. The van der Waals surface area contributed by atoms with Crippen LogP contribution in [0.25, 0.3) is 0 Å². The smallest absolute Gasteiger partial charge is 0.311 e. The van der Waals surface area contributed by atoms with Crippen LogP contribution in [-0.4, -0.2) is 17.7 Å². The van der Waals surface area contributed by atoms with Gasteiger partial charge in [-0.15, -0.1) is 0 Å². The first-order valence-electron chi connectivity index (χ1n) is 11.2. The van der Waals surface area contributed by atoms with E-state index < -0.39 is 5.41 Å². The van der Waals surface area contributed by atoms with Crippen LogP contribution in [0.15, 0.2) is 12.1 Å². The van der Waals surface area contributed by atoms with Crippen molar-refractivity contribution in [2.24, 2.45) is 5.41 Å². The van der Waals surface area contributed by atoms with Crippen LogP contribution >= 0.6 is 0 Å². The molecule has 0 bridgehead atoms. The van der Waals surface area contributed by atoms with Gasteiger partial charge < -0.3 is 9.84 Å². The highest BCUT2D eigenvalue weighted by Gasteiger charge is 2.28. The molecule has 168 valence electrons. The predicted octanol–water partition coefficient (Wildman–Crippen LogP) is 7.32. The molecule has 0 aliphatic carbocycles. The average Bonchev–Trinajstić information content (AvgIpc) is 2.60. The number of aromatic hydroxyl groups is 1. The van der Waals surface area contributed by atoms with Crippen LogP contribution in [0.3, 0.4) is 0 Å². The van der Waals surface area contributed by atoms with E-state index in [-0.39, 0.29) is 16.8 Å². The molecule has 0 saturated carbocycles. The fraction of sp³-hybridized carbons (Fsp3) is 0.731. The number of ether oxygens (including phenoxy) is 1. The first-order chi connectivity index (χ1) is 13.1. The number of phenolic OH excluding ortho intramolecular Hbond substituents is 1. The Labute approximate surface area is 180 Å². The van der Waals surface area contributed by atoms with Crippen molar-refractivity contribution in [3.63, 3.8) is 0 Å². The third kappa shape index (κ3) is 8.80. The van der Waals surface area contributed by atoms with Gasteiger partial charge in [-0.3, -0.25) is 4.79 Å². The van der Waals surface area contributed by atoms with E-state index in [0.717, 1.165) is 23.1 Å². The van der Waals surface area contributed by atoms with Crippen molar-refractivity contribution in [3.05, 3.63) is 28.8 Å². The fourth-order valence-electron chi connectivity index (χ4n) is 2.58. The first-order valence-corrected chi connectivity index (χ1v) is 11.2. The number of benzene rings is 1. The summed E-state index contributed by atoms with van der Waals surface area (Å²) < 4.78 is 5.48. The predicted molar refractivity (Wildman–Crippen MR) is 125 cm³/mol. The van der Waals surface area contributed by atoms with Gasteiger partial charge in [0.25, 0.3) is 0 Å². The number of unbranched alkanes of at least 4 members (excludes halogenated alkanes) is 1. The highest BCUT2D eigenvalue weighted by atomic mass is 16.5. The summed E-state index contributed by atoms with van der Waals surface area (Å²) in [5.74, 6) is 0.230. The molecule has 0 atom stereocenters. The minimum atomic E-state index is -0.442. The number of carbonyl (C=O) groups is 1. The zero-order valence-electron chi connectivity index (χ0n) is 21.0. The Morgan fingerprint density at radius 1 is 0.862 bits per heavy atom.